The second-order valence-corrected chi connectivity index (χ2v) is 8.32. The van der Waals surface area contributed by atoms with E-state index in [0.29, 0.717) is 23.4 Å². The van der Waals surface area contributed by atoms with Crippen molar-refractivity contribution < 1.29 is 19.4 Å². The van der Waals surface area contributed by atoms with Crippen LogP contribution >= 0.6 is 0 Å². The second-order valence-electron chi connectivity index (χ2n) is 8.32. The van der Waals surface area contributed by atoms with Crippen LogP contribution in [0.3, 0.4) is 0 Å². The summed E-state index contributed by atoms with van der Waals surface area (Å²) in [6.45, 7) is 3.91. The molecule has 31 heavy (non-hydrogen) atoms. The van der Waals surface area contributed by atoms with Gasteiger partial charge in [0.25, 0.3) is 5.56 Å². The molecule has 2 aliphatic rings. The minimum absolute atomic E-state index is 0.0748. The van der Waals surface area contributed by atoms with Crippen molar-refractivity contribution in [1.29, 1.82) is 0 Å². The molecule has 1 aromatic carbocycles. The minimum Gasteiger partial charge on any atom is -0.618 e. The maximum atomic E-state index is 13.4. The Morgan fingerprint density at radius 2 is 2.00 bits per heavy atom. The van der Waals surface area contributed by atoms with E-state index in [1.54, 1.807) is 23.6 Å². The first-order valence-corrected chi connectivity index (χ1v) is 10.8. The van der Waals surface area contributed by atoms with Crippen LogP contribution in [0.4, 0.5) is 0 Å². The predicted molar refractivity (Wildman–Crippen MR) is 114 cm³/mol. The molecule has 0 spiro atoms. The van der Waals surface area contributed by atoms with Crippen molar-refractivity contribution in [3.8, 4) is 11.4 Å². The molecule has 4 heterocycles. The normalized spacial score (nSPS) is 19.1. The standard InChI is InChI=1S/C24H24N2O5/c1-3-5-8-14-15-9-6-7-10-19(15)26(30)21-16(14)12-25-20(21)11-18-17(22(25)27)13-31-23(28)24(18,29)4-2/h6-7,9-11,29H,3-5,8,12-13H2,1-2H3/t24-/m0/s1. The first-order chi connectivity index (χ1) is 14.9. The number of carbonyl (C=O) groups excluding carboxylic acids is 1. The van der Waals surface area contributed by atoms with Crippen LogP contribution in [0.2, 0.25) is 0 Å². The summed E-state index contributed by atoms with van der Waals surface area (Å²) >= 11 is 0. The first-order valence-electron chi connectivity index (χ1n) is 10.8. The number of hydrogen-bond donors (Lipinski definition) is 1. The zero-order valence-electron chi connectivity index (χ0n) is 17.6. The van der Waals surface area contributed by atoms with E-state index in [1.807, 2.05) is 18.2 Å². The Labute approximate surface area is 179 Å². The van der Waals surface area contributed by atoms with Crippen molar-refractivity contribution in [3.05, 3.63) is 68.1 Å². The van der Waals surface area contributed by atoms with Crippen LogP contribution in [0, 0.1) is 5.21 Å². The molecular weight excluding hydrogens is 396 g/mol. The van der Waals surface area contributed by atoms with Gasteiger partial charge >= 0.3 is 5.97 Å². The van der Waals surface area contributed by atoms with Crippen LogP contribution in [0.1, 0.15) is 55.4 Å². The topological polar surface area (TPSA) is 95.5 Å². The van der Waals surface area contributed by atoms with E-state index in [1.165, 1.54) is 0 Å². The second kappa shape index (κ2) is 6.92. The zero-order chi connectivity index (χ0) is 21.9. The van der Waals surface area contributed by atoms with E-state index in [0.717, 1.165) is 40.5 Å². The average Bonchev–Trinajstić information content (AvgIpc) is 3.17. The molecule has 0 saturated carbocycles. The number of benzene rings is 1. The summed E-state index contributed by atoms with van der Waals surface area (Å²) in [4.78, 5) is 25.7. The van der Waals surface area contributed by atoms with E-state index in [2.05, 4.69) is 6.92 Å². The van der Waals surface area contributed by atoms with Gasteiger partial charge in [0.15, 0.2) is 5.60 Å². The number of aryl methyl sites for hydroxylation is 1. The lowest BCUT2D eigenvalue weighted by atomic mass is 9.86. The molecule has 3 aromatic rings. The van der Waals surface area contributed by atoms with Gasteiger partial charge in [0, 0.05) is 11.6 Å². The quantitative estimate of drug-likeness (QED) is 0.311. The van der Waals surface area contributed by atoms with Gasteiger partial charge in [-0.15, -0.1) is 0 Å². The smallest absolute Gasteiger partial charge is 0.343 e. The number of carbonyl (C=O) groups is 1. The van der Waals surface area contributed by atoms with Crippen molar-refractivity contribution >= 4 is 16.9 Å². The maximum Gasteiger partial charge on any atom is 0.343 e. The van der Waals surface area contributed by atoms with Crippen LogP contribution < -0.4 is 10.3 Å². The molecular formula is C24H24N2O5. The third-order valence-corrected chi connectivity index (χ3v) is 6.68. The molecule has 7 nitrogen and oxygen atoms in total. The van der Waals surface area contributed by atoms with Gasteiger partial charge < -0.3 is 15.1 Å². The van der Waals surface area contributed by atoms with Gasteiger partial charge in [-0.25, -0.2) is 4.79 Å². The number of para-hydroxylation sites is 1. The highest BCUT2D eigenvalue weighted by atomic mass is 16.6. The highest BCUT2D eigenvalue weighted by molar-refractivity contribution is 5.86. The molecule has 2 aliphatic heterocycles. The maximum absolute atomic E-state index is 13.4. The summed E-state index contributed by atoms with van der Waals surface area (Å²) in [5.74, 6) is -0.762. The fraction of sp³-hybridized carbons (Fsp3) is 0.375. The summed E-state index contributed by atoms with van der Waals surface area (Å²) in [6, 6.07) is 9.12. The number of pyridine rings is 2. The fourth-order valence-electron chi connectivity index (χ4n) is 4.93. The molecule has 1 N–H and O–H groups in total. The average molecular weight is 420 g/mol. The molecule has 0 unspecified atom stereocenters. The third kappa shape index (κ3) is 2.59. The summed E-state index contributed by atoms with van der Waals surface area (Å²) in [6.07, 6.45) is 2.87. The number of nitrogens with zero attached hydrogens (tertiary/aromatic N) is 2. The number of aromatic nitrogens is 2. The Hall–Kier alpha value is -3.19. The van der Waals surface area contributed by atoms with Gasteiger partial charge in [0.05, 0.1) is 23.1 Å². The SMILES string of the molecule is CCCCc1c2c([n+]([O-])c3ccccc13)-c1cc3c(c(=O)n1C2)COC(=O)[C@]3(O)CC. The minimum atomic E-state index is -1.89. The molecule has 0 amide bonds. The molecule has 7 heteroatoms. The molecule has 5 rings (SSSR count). The Morgan fingerprint density at radius 1 is 1.23 bits per heavy atom. The van der Waals surface area contributed by atoms with E-state index in [-0.39, 0.29) is 29.7 Å². The van der Waals surface area contributed by atoms with E-state index >= 15 is 0 Å². The predicted octanol–water partition coefficient (Wildman–Crippen LogP) is 2.66. The van der Waals surface area contributed by atoms with Crippen LogP contribution in [-0.4, -0.2) is 15.6 Å². The van der Waals surface area contributed by atoms with E-state index in [4.69, 9.17) is 4.74 Å². The van der Waals surface area contributed by atoms with E-state index < -0.39 is 11.6 Å². The fourth-order valence-corrected chi connectivity index (χ4v) is 4.93. The van der Waals surface area contributed by atoms with Crippen LogP contribution in [0.15, 0.2) is 35.1 Å². The molecule has 160 valence electrons. The van der Waals surface area contributed by atoms with Gasteiger partial charge in [-0.3, -0.25) is 9.36 Å². The lowest BCUT2D eigenvalue weighted by molar-refractivity contribution is -0.565. The monoisotopic (exact) mass is 420 g/mol. The Balaban J connectivity index is 1.84. The highest BCUT2D eigenvalue weighted by Gasteiger charge is 2.46. The molecule has 0 saturated heterocycles. The summed E-state index contributed by atoms with van der Waals surface area (Å²) < 4.78 is 7.58. The molecule has 1 atom stereocenters. The van der Waals surface area contributed by atoms with Gasteiger partial charge in [-0.1, -0.05) is 32.4 Å². The largest absolute Gasteiger partial charge is 0.618 e. The summed E-state index contributed by atoms with van der Waals surface area (Å²) in [5.41, 5.74) is 1.66. The van der Waals surface area contributed by atoms with Gasteiger partial charge in [-0.2, -0.15) is 4.73 Å². The molecule has 2 aromatic heterocycles. The number of fused-ring (bicyclic) bond motifs is 5. The van der Waals surface area contributed by atoms with Crippen molar-refractivity contribution in [2.45, 2.75) is 58.3 Å². The van der Waals surface area contributed by atoms with Crippen molar-refractivity contribution in [3.63, 3.8) is 0 Å². The lowest BCUT2D eigenvalue weighted by Crippen LogP contribution is -2.44. The molecule has 0 fully saturated rings. The van der Waals surface area contributed by atoms with Crippen LogP contribution in [-0.2, 0) is 34.7 Å². The number of cyclic esters (lactones) is 1. The summed E-state index contributed by atoms with van der Waals surface area (Å²) in [7, 11) is 0. The lowest BCUT2D eigenvalue weighted by Gasteiger charge is -2.31. The van der Waals surface area contributed by atoms with Gasteiger partial charge in [0.2, 0.25) is 11.2 Å². The van der Waals surface area contributed by atoms with Gasteiger partial charge in [-0.05, 0) is 37.0 Å². The highest BCUT2D eigenvalue weighted by Crippen LogP contribution is 2.39. The van der Waals surface area contributed by atoms with E-state index in [9.17, 15) is 19.9 Å². The van der Waals surface area contributed by atoms with Gasteiger partial charge in [0.1, 0.15) is 12.3 Å². The number of ether oxygens (including phenoxy) is 1. The van der Waals surface area contributed by atoms with Crippen molar-refractivity contribution in [2.24, 2.45) is 0 Å². The Kier molecular flexibility index (Phi) is 4.41. The number of hydrogen-bond acceptors (Lipinski definition) is 5. The zero-order valence-corrected chi connectivity index (χ0v) is 17.6. The molecule has 0 bridgehead atoms. The van der Waals surface area contributed by atoms with Crippen LogP contribution in [0.5, 0.6) is 0 Å². The number of aliphatic hydroxyl groups is 1. The molecule has 0 radical (unpaired) electrons. The van der Waals surface area contributed by atoms with Crippen LogP contribution in [0.25, 0.3) is 22.3 Å². The Morgan fingerprint density at radius 3 is 2.74 bits per heavy atom. The number of rotatable bonds is 4. The number of esters is 1. The first kappa shape index (κ1) is 19.8. The molecule has 0 aliphatic carbocycles. The third-order valence-electron chi connectivity index (χ3n) is 6.68. The van der Waals surface area contributed by atoms with Crippen molar-refractivity contribution in [2.75, 3.05) is 0 Å². The Bertz CT molecular complexity index is 1310. The summed E-state index contributed by atoms with van der Waals surface area (Å²) in [5, 5.41) is 25.3. The number of unbranched alkanes of at least 4 members (excludes halogenated alkanes) is 1. The van der Waals surface area contributed by atoms with Crippen molar-refractivity contribution in [1.82, 2.24) is 4.57 Å².